The zero-order chi connectivity index (χ0) is 70.0. The van der Waals surface area contributed by atoms with E-state index < -0.39 is 0 Å². The van der Waals surface area contributed by atoms with Crippen molar-refractivity contribution in [2.24, 2.45) is 0 Å². The Labute approximate surface area is 582 Å². The van der Waals surface area contributed by atoms with Crippen LogP contribution in [0.2, 0.25) is 0 Å². The molecular weight excluding hydrogens is 1190 g/mol. The van der Waals surface area contributed by atoms with Crippen LogP contribution in [0.3, 0.4) is 0 Å². The largest absolute Gasteiger partial charge is 0.309 e. The smallest absolute Gasteiger partial charge is 0.0621 e. The molecule has 15 rings (SSSR count). The number of rotatable bonds is 4. The summed E-state index contributed by atoms with van der Waals surface area (Å²) in [6.07, 6.45) is 0. The average Bonchev–Trinajstić information content (AvgIpc) is 1.45. The van der Waals surface area contributed by atoms with Crippen LogP contribution in [0.5, 0.6) is 0 Å². The van der Waals surface area contributed by atoms with E-state index in [4.69, 9.17) is 0 Å². The van der Waals surface area contributed by atoms with Gasteiger partial charge < -0.3 is 18.3 Å². The summed E-state index contributed by atoms with van der Waals surface area (Å²) in [6.45, 7) is 56.2. The van der Waals surface area contributed by atoms with E-state index in [0.717, 1.165) is 11.4 Å². The molecule has 0 aliphatic heterocycles. The van der Waals surface area contributed by atoms with Gasteiger partial charge in [-0.2, -0.15) is 0 Å². The predicted molar refractivity (Wildman–Crippen MR) is 428 cm³/mol. The van der Waals surface area contributed by atoms with Gasteiger partial charge in [-0.3, -0.25) is 0 Å². The lowest BCUT2D eigenvalue weighted by Crippen LogP contribution is -2.10. The molecule has 98 heavy (non-hydrogen) atoms. The van der Waals surface area contributed by atoms with Gasteiger partial charge in [0.25, 0.3) is 0 Å². The minimum absolute atomic E-state index is 0.0361. The summed E-state index contributed by atoms with van der Waals surface area (Å²) in [5.74, 6) is 0. The highest BCUT2D eigenvalue weighted by Crippen LogP contribution is 2.50. The van der Waals surface area contributed by atoms with Crippen LogP contribution in [-0.4, -0.2) is 18.3 Å². The minimum atomic E-state index is -0.0702. The van der Waals surface area contributed by atoms with Crippen LogP contribution in [0, 0.1) is 0 Å². The number of hydrogen-bond acceptors (Lipinski definition) is 0. The van der Waals surface area contributed by atoms with Gasteiger partial charge in [0.05, 0.1) is 55.5 Å². The van der Waals surface area contributed by atoms with Gasteiger partial charge in [0.2, 0.25) is 0 Å². The molecule has 0 N–H and O–H groups in total. The maximum Gasteiger partial charge on any atom is 0.0621 e. The molecule has 0 saturated carbocycles. The Hall–Kier alpha value is -8.86. The van der Waals surface area contributed by atoms with Crippen molar-refractivity contribution in [3.63, 3.8) is 0 Å². The summed E-state index contributed by atoms with van der Waals surface area (Å²) in [6, 6.07) is 73.4. The minimum Gasteiger partial charge on any atom is -0.309 e. The van der Waals surface area contributed by atoms with Crippen LogP contribution in [0.25, 0.3) is 132 Å². The summed E-state index contributed by atoms with van der Waals surface area (Å²) in [5, 5.41) is 14.9. The molecule has 0 bridgehead atoms. The van der Waals surface area contributed by atoms with Gasteiger partial charge in [-0.25, -0.2) is 0 Å². The van der Waals surface area contributed by atoms with E-state index >= 15 is 0 Å². The molecule has 11 aromatic carbocycles. The average molecular weight is 1290 g/mol. The lowest BCUT2D eigenvalue weighted by molar-refractivity contribution is 0.590. The molecule has 0 spiro atoms. The third-order valence-corrected chi connectivity index (χ3v) is 22.0. The van der Waals surface area contributed by atoms with Crippen LogP contribution in [0.15, 0.2) is 182 Å². The fourth-order valence-electron chi connectivity index (χ4n) is 15.8. The molecule has 0 aliphatic rings. The van der Waals surface area contributed by atoms with Gasteiger partial charge in [-0.15, -0.1) is 0 Å². The molecule has 4 heteroatoms. The normalized spacial score (nSPS) is 13.7. The fraction of sp³-hybridized carbons (Fsp3) is 0.340. The van der Waals surface area contributed by atoms with Crippen LogP contribution < -0.4 is 0 Å². The van der Waals surface area contributed by atoms with E-state index in [1.165, 1.54) is 165 Å². The number of nitrogens with zero attached hydrogens (tertiary/aromatic N) is 4. The van der Waals surface area contributed by atoms with Crippen molar-refractivity contribution in [3.8, 4) is 22.7 Å². The number of aromatic nitrogens is 4. The third kappa shape index (κ3) is 10.4. The second-order valence-electron chi connectivity index (χ2n) is 37.4. The van der Waals surface area contributed by atoms with Crippen LogP contribution in [0.1, 0.15) is 211 Å². The van der Waals surface area contributed by atoms with E-state index in [1.54, 1.807) is 0 Å². The van der Waals surface area contributed by atoms with E-state index in [2.05, 4.69) is 366 Å². The van der Waals surface area contributed by atoms with Gasteiger partial charge in [-0.05, 0) is 209 Å². The van der Waals surface area contributed by atoms with Gasteiger partial charge in [-0.1, -0.05) is 227 Å². The zero-order valence-corrected chi connectivity index (χ0v) is 63.1. The van der Waals surface area contributed by atoms with E-state index in [-0.39, 0.29) is 43.3 Å². The molecule has 0 unspecified atom stereocenters. The first-order chi connectivity index (χ1) is 45.6. The van der Waals surface area contributed by atoms with Crippen molar-refractivity contribution < 1.29 is 0 Å². The van der Waals surface area contributed by atoms with E-state index in [9.17, 15) is 0 Å². The Morgan fingerprint density at radius 2 is 0.316 bits per heavy atom. The van der Waals surface area contributed by atoms with Crippen molar-refractivity contribution in [2.45, 2.75) is 209 Å². The summed E-state index contributed by atoms with van der Waals surface area (Å²) < 4.78 is 10.5. The van der Waals surface area contributed by atoms with E-state index in [0.29, 0.717) is 0 Å². The van der Waals surface area contributed by atoms with Crippen molar-refractivity contribution in [1.29, 1.82) is 0 Å². The van der Waals surface area contributed by atoms with Crippen molar-refractivity contribution in [3.05, 3.63) is 226 Å². The highest BCUT2D eigenvalue weighted by molar-refractivity contribution is 6.22. The summed E-state index contributed by atoms with van der Waals surface area (Å²) >= 11 is 0. The van der Waals surface area contributed by atoms with Gasteiger partial charge in [0, 0.05) is 76.0 Å². The Balaban J connectivity index is 1.17. The highest BCUT2D eigenvalue weighted by atomic mass is 15.0. The van der Waals surface area contributed by atoms with Crippen LogP contribution in [0.4, 0.5) is 0 Å². The molecular formula is C94H102N4. The highest BCUT2D eigenvalue weighted by Gasteiger charge is 2.31. The first-order valence-corrected chi connectivity index (χ1v) is 36.1. The van der Waals surface area contributed by atoms with Crippen molar-refractivity contribution in [2.75, 3.05) is 0 Å². The zero-order valence-electron chi connectivity index (χ0n) is 63.1. The molecule has 0 radical (unpaired) electrons. The maximum absolute atomic E-state index is 2.66. The SMILES string of the molecule is CC(C)(C)c1ccc2c(c1)c1cc(C(C)(C)C)ccc1n2-c1ccc2c(-n3c4ccc(C(C)(C)C)cc4c4cc(C(C)(C)C)ccc43)c3cc(-n4c5ccc(C(C)(C)C)cc5c5cc(C(C)(C)C)ccc54)ccc3c(-n3c4ccc(C(C)(C)C)cc4c4cc(C(C)(C)C)ccc43)c2c1. The Bertz CT molecular complexity index is 5210. The molecule has 4 nitrogen and oxygen atoms in total. The predicted octanol–water partition coefficient (Wildman–Crippen LogP) is 26.8. The maximum atomic E-state index is 2.66. The Kier molecular flexibility index (Phi) is 14.2. The molecule has 4 aromatic heterocycles. The second kappa shape index (κ2) is 21.3. The lowest BCUT2D eigenvalue weighted by atomic mass is 9.85. The first-order valence-electron chi connectivity index (χ1n) is 36.1. The number of hydrogen-bond donors (Lipinski definition) is 0. The molecule has 498 valence electrons. The fourth-order valence-corrected chi connectivity index (χ4v) is 15.8. The van der Waals surface area contributed by atoms with Crippen molar-refractivity contribution >= 4 is 109 Å². The molecule has 0 atom stereocenters. The van der Waals surface area contributed by atoms with Crippen LogP contribution in [-0.2, 0) is 43.3 Å². The summed E-state index contributed by atoms with van der Waals surface area (Å²) in [7, 11) is 0. The van der Waals surface area contributed by atoms with Crippen molar-refractivity contribution in [1.82, 2.24) is 18.3 Å². The summed E-state index contributed by atoms with van der Waals surface area (Å²) in [5.41, 5.74) is 24.4. The Morgan fingerprint density at radius 3 is 0.480 bits per heavy atom. The molecule has 0 amide bonds. The molecule has 4 heterocycles. The van der Waals surface area contributed by atoms with Gasteiger partial charge in [0.15, 0.2) is 0 Å². The molecule has 0 aliphatic carbocycles. The lowest BCUT2D eigenvalue weighted by Gasteiger charge is -2.24. The summed E-state index contributed by atoms with van der Waals surface area (Å²) in [4.78, 5) is 0. The van der Waals surface area contributed by atoms with Gasteiger partial charge in [0.1, 0.15) is 0 Å². The standard InChI is InChI=1S/C94H102N4/c1-87(2,3)55-25-37-77-67(45-55)68-46-56(88(4,5)6)26-38-78(68)95(77)63-33-35-65-75(53-63)85(97-81-41-29-59(91(13,14)15)49-71(81)72-50-60(92(16,17)18)30-42-82(72)97)66-36-34-64(96-79-39-27-57(89(7,8)9)47-69(79)70-48-58(90(10,11)12)28-40-80(70)96)54-76(66)86(65)98-83-43-31-61(93(19,20)21)51-73(83)74-52-62(94(22,23)24)32-44-84(74)98/h25-54H,1-24H3. The first kappa shape index (κ1) is 65.1. The quantitative estimate of drug-likeness (QED) is 0.157. The van der Waals surface area contributed by atoms with Gasteiger partial charge >= 0.3 is 0 Å². The molecule has 15 aromatic rings. The number of benzene rings is 11. The van der Waals surface area contributed by atoms with E-state index in [1.807, 2.05) is 0 Å². The second-order valence-corrected chi connectivity index (χ2v) is 37.4. The monoisotopic (exact) mass is 1290 g/mol. The topological polar surface area (TPSA) is 19.7 Å². The Morgan fingerprint density at radius 1 is 0.153 bits per heavy atom. The number of fused-ring (bicyclic) bond motifs is 14. The van der Waals surface area contributed by atoms with Crippen LogP contribution >= 0.6 is 0 Å². The molecule has 0 saturated heterocycles. The molecule has 0 fully saturated rings. The third-order valence-electron chi connectivity index (χ3n) is 22.0.